The molecule has 4 rings (SSSR count). The Bertz CT molecular complexity index is 1200. The van der Waals surface area contributed by atoms with E-state index in [1.54, 1.807) is 12.4 Å². The van der Waals surface area contributed by atoms with Gasteiger partial charge in [0.05, 0.1) is 5.69 Å². The van der Waals surface area contributed by atoms with Gasteiger partial charge in [-0.1, -0.05) is 41.6 Å². The molecule has 0 radical (unpaired) electrons. The Morgan fingerprint density at radius 3 is 2.78 bits per heavy atom. The molecule has 0 aliphatic rings. The van der Waals surface area contributed by atoms with E-state index in [1.165, 1.54) is 17.8 Å². The number of para-hydroxylation sites is 1. The molecule has 0 unspecified atom stereocenters. The molecule has 0 spiro atoms. The number of aromatic nitrogens is 3. The highest BCUT2D eigenvalue weighted by atomic mass is 35.5. The van der Waals surface area contributed by atoms with Crippen molar-refractivity contribution in [2.24, 2.45) is 0 Å². The molecule has 0 aliphatic heterocycles. The maximum Gasteiger partial charge on any atom is 0.336 e. The predicted octanol–water partition coefficient (Wildman–Crippen LogP) is 4.94. The highest BCUT2D eigenvalue weighted by molar-refractivity contribution is 7.98. The van der Waals surface area contributed by atoms with Gasteiger partial charge in [0.25, 0.3) is 0 Å². The minimum absolute atomic E-state index is 0.375. The number of thioether (sulfide) groups is 1. The normalized spacial score (nSPS) is 11.2. The van der Waals surface area contributed by atoms with Crippen molar-refractivity contribution in [1.82, 2.24) is 14.8 Å². The minimum atomic E-state index is -0.375. The Morgan fingerprint density at radius 1 is 1.15 bits per heavy atom. The lowest BCUT2D eigenvalue weighted by atomic mass is 10.1. The van der Waals surface area contributed by atoms with E-state index < -0.39 is 0 Å². The summed E-state index contributed by atoms with van der Waals surface area (Å²) >= 11 is 7.78. The zero-order valence-corrected chi connectivity index (χ0v) is 16.3. The van der Waals surface area contributed by atoms with Gasteiger partial charge in [-0.3, -0.25) is 4.57 Å². The van der Waals surface area contributed by atoms with Crippen molar-refractivity contribution in [3.05, 3.63) is 80.9 Å². The van der Waals surface area contributed by atoms with Crippen LogP contribution in [0.3, 0.4) is 0 Å². The third-order valence-corrected chi connectivity index (χ3v) is 5.76. The number of rotatable bonds is 4. The Hall–Kier alpha value is -2.57. The van der Waals surface area contributed by atoms with Crippen molar-refractivity contribution in [3.8, 4) is 5.69 Å². The second-order valence-electron chi connectivity index (χ2n) is 6.25. The van der Waals surface area contributed by atoms with E-state index in [1.807, 2.05) is 48.7 Å². The second-order valence-corrected chi connectivity index (χ2v) is 7.60. The monoisotopic (exact) mass is 397 g/mol. The van der Waals surface area contributed by atoms with E-state index in [0.717, 1.165) is 32.9 Å². The number of hydrogen-bond donors (Lipinski definition) is 0. The van der Waals surface area contributed by atoms with Gasteiger partial charge in [-0.25, -0.2) is 4.79 Å². The van der Waals surface area contributed by atoms with Crippen molar-refractivity contribution in [2.45, 2.75) is 24.8 Å². The van der Waals surface area contributed by atoms with Crippen molar-refractivity contribution in [3.63, 3.8) is 0 Å². The van der Waals surface area contributed by atoms with Crippen molar-refractivity contribution in [2.75, 3.05) is 0 Å². The maximum atomic E-state index is 12.0. The largest absolute Gasteiger partial charge is 0.423 e. The molecule has 5 nitrogen and oxygen atoms in total. The zero-order valence-electron chi connectivity index (χ0n) is 14.8. The van der Waals surface area contributed by atoms with Crippen LogP contribution in [-0.2, 0) is 5.75 Å². The summed E-state index contributed by atoms with van der Waals surface area (Å²) in [7, 11) is 0. The van der Waals surface area contributed by atoms with Crippen LogP contribution < -0.4 is 5.63 Å². The number of aryl methyl sites for hydroxylation is 2. The van der Waals surface area contributed by atoms with Gasteiger partial charge < -0.3 is 4.42 Å². The summed E-state index contributed by atoms with van der Waals surface area (Å²) < 4.78 is 7.28. The highest BCUT2D eigenvalue weighted by Gasteiger charge is 2.13. The van der Waals surface area contributed by atoms with Crippen LogP contribution in [0, 0.1) is 13.8 Å². The van der Waals surface area contributed by atoms with Gasteiger partial charge in [-0.05, 0) is 48.7 Å². The van der Waals surface area contributed by atoms with Gasteiger partial charge >= 0.3 is 5.63 Å². The summed E-state index contributed by atoms with van der Waals surface area (Å²) in [6.07, 6.45) is 1.70. The Labute approximate surface area is 165 Å². The average Bonchev–Trinajstić information content (AvgIpc) is 3.10. The first-order chi connectivity index (χ1) is 13.0. The molecule has 0 aliphatic carbocycles. The lowest BCUT2D eigenvalue weighted by Gasteiger charge is -2.10. The topological polar surface area (TPSA) is 60.9 Å². The van der Waals surface area contributed by atoms with Gasteiger partial charge in [0.15, 0.2) is 5.16 Å². The molecule has 0 saturated heterocycles. The molecule has 4 aromatic rings. The molecule has 0 atom stereocenters. The lowest BCUT2D eigenvalue weighted by molar-refractivity contribution is 0.559. The molecule has 2 aromatic heterocycles. The fraction of sp³-hybridized carbons (Fsp3) is 0.150. The second kappa shape index (κ2) is 7.21. The number of hydrogen-bond acceptors (Lipinski definition) is 5. The van der Waals surface area contributed by atoms with Crippen LogP contribution in [0.4, 0.5) is 0 Å². The molecule has 136 valence electrons. The number of fused-ring (bicyclic) bond motifs is 1. The third kappa shape index (κ3) is 3.50. The number of nitrogens with zero attached hydrogens (tertiary/aromatic N) is 3. The Kier molecular flexibility index (Phi) is 4.76. The highest BCUT2D eigenvalue weighted by Crippen LogP contribution is 2.30. The summed E-state index contributed by atoms with van der Waals surface area (Å²) in [6, 6.07) is 13.2. The third-order valence-electron chi connectivity index (χ3n) is 4.36. The number of benzene rings is 2. The first-order valence-corrected chi connectivity index (χ1v) is 9.71. The van der Waals surface area contributed by atoms with E-state index in [0.29, 0.717) is 16.4 Å². The Balaban J connectivity index is 1.70. The molecule has 2 aromatic carbocycles. The van der Waals surface area contributed by atoms with Gasteiger partial charge in [0.2, 0.25) is 0 Å². The summed E-state index contributed by atoms with van der Waals surface area (Å²) in [5.74, 6) is 0.548. The molecule has 7 heteroatoms. The minimum Gasteiger partial charge on any atom is -0.423 e. The molecule has 0 amide bonds. The fourth-order valence-corrected chi connectivity index (χ4v) is 4.01. The Morgan fingerprint density at radius 2 is 1.96 bits per heavy atom. The average molecular weight is 398 g/mol. The van der Waals surface area contributed by atoms with E-state index in [-0.39, 0.29) is 5.63 Å². The predicted molar refractivity (Wildman–Crippen MR) is 108 cm³/mol. The van der Waals surface area contributed by atoms with Crippen molar-refractivity contribution in [1.29, 1.82) is 0 Å². The van der Waals surface area contributed by atoms with Crippen LogP contribution in [-0.4, -0.2) is 14.8 Å². The van der Waals surface area contributed by atoms with E-state index in [4.69, 9.17) is 16.0 Å². The quantitative estimate of drug-likeness (QED) is 0.360. The smallest absolute Gasteiger partial charge is 0.336 e. The van der Waals surface area contributed by atoms with Gasteiger partial charge in [-0.15, -0.1) is 10.2 Å². The molecular formula is C20H16ClN3O2S. The van der Waals surface area contributed by atoms with Crippen molar-refractivity contribution >= 4 is 34.3 Å². The van der Waals surface area contributed by atoms with E-state index in [2.05, 4.69) is 10.2 Å². The standard InChI is InChI=1S/C20H16ClN3O2S/c1-12-5-3-4-6-17(12)24-11-22-23-20(24)27-10-14-8-19(25)26-18-7-13(2)16(21)9-15(14)18/h3-9,11H,10H2,1-2H3. The molecular weight excluding hydrogens is 382 g/mol. The van der Waals surface area contributed by atoms with E-state index >= 15 is 0 Å². The maximum absolute atomic E-state index is 12.0. The SMILES string of the molecule is Cc1cc2oc(=O)cc(CSc3nncn3-c3ccccc3C)c2cc1Cl. The van der Waals surface area contributed by atoms with E-state index in [9.17, 15) is 4.79 Å². The summed E-state index contributed by atoms with van der Waals surface area (Å²) in [5.41, 5.74) is 4.05. The molecule has 27 heavy (non-hydrogen) atoms. The first kappa shape index (κ1) is 17.8. The van der Waals surface area contributed by atoms with Crippen LogP contribution in [0.2, 0.25) is 5.02 Å². The summed E-state index contributed by atoms with van der Waals surface area (Å²) in [4.78, 5) is 12.0. The summed E-state index contributed by atoms with van der Waals surface area (Å²) in [6.45, 7) is 3.93. The van der Waals surface area contributed by atoms with Crippen LogP contribution in [0.15, 0.2) is 63.2 Å². The molecule has 0 saturated carbocycles. The first-order valence-electron chi connectivity index (χ1n) is 8.34. The summed E-state index contributed by atoms with van der Waals surface area (Å²) in [5, 5.41) is 10.5. The van der Waals surface area contributed by atoms with Gasteiger partial charge in [-0.2, -0.15) is 0 Å². The fourth-order valence-electron chi connectivity index (χ4n) is 2.93. The van der Waals surface area contributed by atoms with Gasteiger partial charge in [0.1, 0.15) is 11.9 Å². The molecule has 0 fully saturated rings. The molecule has 0 N–H and O–H groups in total. The van der Waals surface area contributed by atoms with Crippen molar-refractivity contribution < 1.29 is 4.42 Å². The van der Waals surface area contributed by atoms with Crippen LogP contribution in [0.5, 0.6) is 0 Å². The zero-order chi connectivity index (χ0) is 19.0. The molecule has 0 bridgehead atoms. The lowest BCUT2D eigenvalue weighted by Crippen LogP contribution is -2.01. The van der Waals surface area contributed by atoms with Gasteiger partial charge in [0, 0.05) is 22.2 Å². The number of halogens is 1. The van der Waals surface area contributed by atoms with Crippen LogP contribution in [0.1, 0.15) is 16.7 Å². The molecule has 2 heterocycles. The van der Waals surface area contributed by atoms with Crippen LogP contribution in [0.25, 0.3) is 16.7 Å². The van der Waals surface area contributed by atoms with Crippen LogP contribution >= 0.6 is 23.4 Å².